The van der Waals surface area contributed by atoms with Crippen molar-refractivity contribution in [1.82, 2.24) is 29.9 Å². The predicted octanol–water partition coefficient (Wildman–Crippen LogP) is 7.69. The first kappa shape index (κ1) is 21.7. The zero-order valence-corrected chi connectivity index (χ0v) is 21.0. The Morgan fingerprint density at radius 1 is 0.811 bits per heavy atom. The van der Waals surface area contributed by atoms with Crippen molar-refractivity contribution in [1.29, 1.82) is 0 Å². The number of hydrogen-bond acceptors (Lipinski definition) is 4. The smallest absolute Gasteiger partial charge is 0.110 e. The number of nitrogens with zero attached hydrogens (tertiary/aromatic N) is 4. The summed E-state index contributed by atoms with van der Waals surface area (Å²) in [6, 6.07) is 21.2. The molecule has 1 atom stereocenters. The number of H-pyrrole nitrogens is 2. The van der Waals surface area contributed by atoms with Crippen LogP contribution in [-0.2, 0) is 0 Å². The molecule has 7 aromatic rings. The van der Waals surface area contributed by atoms with Crippen LogP contribution in [0, 0.1) is 6.92 Å². The van der Waals surface area contributed by atoms with Crippen LogP contribution >= 0.6 is 0 Å². The molecule has 0 saturated heterocycles. The van der Waals surface area contributed by atoms with Crippen LogP contribution in [0.4, 0.5) is 0 Å². The van der Waals surface area contributed by atoms with Gasteiger partial charge in [-0.05, 0) is 49.7 Å². The number of rotatable bonds is 4. The molecule has 0 spiro atoms. The average molecular weight is 483 g/mol. The summed E-state index contributed by atoms with van der Waals surface area (Å²) >= 11 is 0. The summed E-state index contributed by atoms with van der Waals surface area (Å²) in [5.41, 5.74) is 8.11. The molecule has 4 heterocycles. The number of aromatic amines is 2. The summed E-state index contributed by atoms with van der Waals surface area (Å²) in [5.74, 6) is 2.30. The fourth-order valence-corrected chi connectivity index (χ4v) is 5.16. The van der Waals surface area contributed by atoms with Crippen LogP contribution in [0.15, 0.2) is 73.1 Å². The highest BCUT2D eigenvalue weighted by Crippen LogP contribution is 2.36. The van der Waals surface area contributed by atoms with Gasteiger partial charge in [0, 0.05) is 44.8 Å². The number of aryl methyl sites for hydroxylation is 1. The van der Waals surface area contributed by atoms with Crippen molar-refractivity contribution in [2.24, 2.45) is 0 Å². The lowest BCUT2D eigenvalue weighted by Crippen LogP contribution is -1.93. The molecule has 6 nitrogen and oxygen atoms in total. The van der Waals surface area contributed by atoms with Gasteiger partial charge < -0.3 is 9.97 Å². The molecule has 180 valence electrons. The van der Waals surface area contributed by atoms with E-state index in [1.807, 2.05) is 25.4 Å². The lowest BCUT2D eigenvalue weighted by Gasteiger charge is -2.09. The van der Waals surface area contributed by atoms with E-state index in [0.717, 1.165) is 84.2 Å². The van der Waals surface area contributed by atoms with Gasteiger partial charge in [-0.1, -0.05) is 38.1 Å². The molecule has 0 aliphatic heterocycles. The minimum Gasteiger partial charge on any atom is -0.342 e. The van der Waals surface area contributed by atoms with E-state index >= 15 is 0 Å². The maximum atomic E-state index is 5.01. The molecule has 0 saturated carbocycles. The third-order valence-corrected chi connectivity index (χ3v) is 7.41. The summed E-state index contributed by atoms with van der Waals surface area (Å²) in [6.45, 7) is 6.36. The van der Waals surface area contributed by atoms with E-state index < -0.39 is 0 Å². The van der Waals surface area contributed by atoms with Gasteiger partial charge in [-0.15, -0.1) is 0 Å². The van der Waals surface area contributed by atoms with Crippen LogP contribution in [0.25, 0.3) is 66.1 Å². The zero-order valence-electron chi connectivity index (χ0n) is 21.0. The van der Waals surface area contributed by atoms with E-state index in [1.54, 1.807) is 0 Å². The second-order valence-corrected chi connectivity index (χ2v) is 9.80. The Bertz CT molecular complexity index is 1960. The Kier molecular flexibility index (Phi) is 4.83. The largest absolute Gasteiger partial charge is 0.342 e. The monoisotopic (exact) mass is 482 g/mol. The van der Waals surface area contributed by atoms with E-state index in [2.05, 4.69) is 83.4 Å². The first-order valence-corrected chi connectivity index (χ1v) is 12.7. The number of imidazole rings is 2. The zero-order chi connectivity index (χ0) is 25.1. The summed E-state index contributed by atoms with van der Waals surface area (Å²) < 4.78 is 0. The Morgan fingerprint density at radius 3 is 2.54 bits per heavy atom. The molecule has 0 amide bonds. The molecular weight excluding hydrogens is 456 g/mol. The standard InChI is InChI=1S/C31H26N6/c1-4-17(2)31-36-29-22-10-7-21(15-24(22)28-23(30(29)37-31)6-5-13-32-28)26-11-8-19-14-20(9-12-25(19)35-26)27-16-33-18(3)34-27/h5-17H,4H2,1-3H3,(H,33,34)(H,36,37). The van der Waals surface area contributed by atoms with Crippen molar-refractivity contribution in [3.8, 4) is 22.5 Å². The molecule has 4 aromatic heterocycles. The van der Waals surface area contributed by atoms with E-state index in [1.165, 1.54) is 0 Å². The van der Waals surface area contributed by atoms with Crippen LogP contribution in [-0.4, -0.2) is 29.9 Å². The first-order valence-electron chi connectivity index (χ1n) is 12.7. The third-order valence-electron chi connectivity index (χ3n) is 7.41. The number of nitrogens with one attached hydrogen (secondary N) is 2. The van der Waals surface area contributed by atoms with Crippen LogP contribution in [0.3, 0.4) is 0 Å². The predicted molar refractivity (Wildman–Crippen MR) is 151 cm³/mol. The molecule has 7 rings (SSSR count). The van der Waals surface area contributed by atoms with Crippen LogP contribution in [0.2, 0.25) is 0 Å². The topological polar surface area (TPSA) is 83.1 Å². The molecule has 37 heavy (non-hydrogen) atoms. The normalized spacial score (nSPS) is 12.7. The average Bonchev–Trinajstić information content (AvgIpc) is 3.59. The van der Waals surface area contributed by atoms with Crippen LogP contribution in [0.1, 0.15) is 37.8 Å². The quantitative estimate of drug-likeness (QED) is 0.252. The minimum absolute atomic E-state index is 0.369. The second kappa shape index (κ2) is 8.23. The van der Waals surface area contributed by atoms with E-state index in [-0.39, 0.29) is 0 Å². The fourth-order valence-electron chi connectivity index (χ4n) is 5.16. The van der Waals surface area contributed by atoms with Crippen molar-refractivity contribution in [2.75, 3.05) is 0 Å². The Labute approximate surface area is 213 Å². The summed E-state index contributed by atoms with van der Waals surface area (Å²) in [7, 11) is 0. The molecule has 1 unspecified atom stereocenters. The second-order valence-electron chi connectivity index (χ2n) is 9.80. The van der Waals surface area contributed by atoms with E-state index in [9.17, 15) is 0 Å². The highest BCUT2D eigenvalue weighted by atomic mass is 14.9. The Morgan fingerprint density at radius 2 is 1.70 bits per heavy atom. The molecule has 0 aliphatic carbocycles. The van der Waals surface area contributed by atoms with Gasteiger partial charge in [0.15, 0.2) is 0 Å². The van der Waals surface area contributed by atoms with Gasteiger partial charge in [-0.3, -0.25) is 4.98 Å². The Balaban J connectivity index is 1.38. The van der Waals surface area contributed by atoms with Gasteiger partial charge in [-0.25, -0.2) is 15.0 Å². The molecule has 0 aliphatic rings. The number of fused-ring (bicyclic) bond motifs is 7. The number of benzene rings is 3. The summed E-state index contributed by atoms with van der Waals surface area (Å²) in [6.07, 6.45) is 4.76. The van der Waals surface area contributed by atoms with Crippen molar-refractivity contribution in [2.45, 2.75) is 33.1 Å². The molecule has 3 aromatic carbocycles. The third kappa shape index (κ3) is 3.48. The summed E-state index contributed by atoms with van der Waals surface area (Å²) in [5, 5.41) is 4.40. The SMILES string of the molecule is CCC(C)c1nc2c3cccnc3c3cc(-c4ccc5cc(-c6cnc(C)[nH]6)ccc5n4)ccc3c2[nH]1. The van der Waals surface area contributed by atoms with Crippen LogP contribution in [0.5, 0.6) is 0 Å². The fraction of sp³-hybridized carbons (Fsp3) is 0.161. The number of pyridine rings is 2. The maximum absolute atomic E-state index is 5.01. The van der Waals surface area contributed by atoms with Gasteiger partial charge >= 0.3 is 0 Å². The van der Waals surface area contributed by atoms with Crippen molar-refractivity contribution in [3.05, 3.63) is 84.7 Å². The molecule has 6 heteroatoms. The lowest BCUT2D eigenvalue weighted by atomic mass is 9.99. The van der Waals surface area contributed by atoms with E-state index in [0.29, 0.717) is 5.92 Å². The number of hydrogen-bond donors (Lipinski definition) is 2. The van der Waals surface area contributed by atoms with Crippen molar-refractivity contribution >= 4 is 43.6 Å². The van der Waals surface area contributed by atoms with E-state index in [4.69, 9.17) is 15.0 Å². The van der Waals surface area contributed by atoms with Gasteiger partial charge in [0.05, 0.1) is 39.7 Å². The van der Waals surface area contributed by atoms with Crippen molar-refractivity contribution < 1.29 is 0 Å². The number of aromatic nitrogens is 6. The summed E-state index contributed by atoms with van der Waals surface area (Å²) in [4.78, 5) is 26.0. The van der Waals surface area contributed by atoms with Crippen molar-refractivity contribution in [3.63, 3.8) is 0 Å². The highest BCUT2D eigenvalue weighted by molar-refractivity contribution is 6.22. The highest BCUT2D eigenvalue weighted by Gasteiger charge is 2.17. The minimum atomic E-state index is 0.369. The molecule has 2 N–H and O–H groups in total. The van der Waals surface area contributed by atoms with Gasteiger partial charge in [0.2, 0.25) is 0 Å². The Hall–Kier alpha value is -4.58. The van der Waals surface area contributed by atoms with Gasteiger partial charge in [0.25, 0.3) is 0 Å². The maximum Gasteiger partial charge on any atom is 0.110 e. The lowest BCUT2D eigenvalue weighted by molar-refractivity contribution is 0.692. The molecule has 0 bridgehead atoms. The molecule has 0 fully saturated rings. The molecular formula is C31H26N6. The molecule has 0 radical (unpaired) electrons. The van der Waals surface area contributed by atoms with Gasteiger partial charge in [0.1, 0.15) is 11.6 Å². The van der Waals surface area contributed by atoms with Crippen LogP contribution < -0.4 is 0 Å². The van der Waals surface area contributed by atoms with Gasteiger partial charge in [-0.2, -0.15) is 0 Å². The first-order chi connectivity index (χ1) is 18.1.